The zero-order valence-corrected chi connectivity index (χ0v) is 15.4. The van der Waals surface area contributed by atoms with Crippen LogP contribution in [-0.4, -0.2) is 30.0 Å². The lowest BCUT2D eigenvalue weighted by Gasteiger charge is -2.25. The molecule has 4 heteroatoms. The smallest absolute Gasteiger partial charge is 0.255 e. The van der Waals surface area contributed by atoms with E-state index in [0.29, 0.717) is 5.56 Å². The molecule has 0 unspecified atom stereocenters. The summed E-state index contributed by atoms with van der Waals surface area (Å²) in [7, 11) is 2.12. The Morgan fingerprint density at radius 1 is 1.08 bits per heavy atom. The van der Waals surface area contributed by atoms with Crippen LogP contribution in [0.25, 0.3) is 0 Å². The van der Waals surface area contributed by atoms with Gasteiger partial charge in [-0.2, -0.15) is 0 Å². The number of benzene rings is 2. The minimum Gasteiger partial charge on any atom is -0.488 e. The van der Waals surface area contributed by atoms with Crippen LogP contribution in [0.2, 0.25) is 0 Å². The second-order valence-corrected chi connectivity index (χ2v) is 7.66. The largest absolute Gasteiger partial charge is 0.488 e. The Kier molecular flexibility index (Phi) is 4.82. The second kappa shape index (κ2) is 6.89. The minimum absolute atomic E-state index is 0.105. The van der Waals surface area contributed by atoms with Crippen molar-refractivity contribution in [3.63, 3.8) is 0 Å². The molecule has 0 bridgehead atoms. The summed E-state index contributed by atoms with van der Waals surface area (Å²) >= 11 is 0. The van der Waals surface area contributed by atoms with Crippen molar-refractivity contribution in [2.75, 3.05) is 18.9 Å². The van der Waals surface area contributed by atoms with Crippen molar-refractivity contribution in [2.45, 2.75) is 39.3 Å². The number of hydrogen-bond acceptors (Lipinski definition) is 3. The number of hydrogen-bond donors (Lipinski definition) is 1. The molecule has 0 atom stereocenters. The Bertz CT molecular complexity index is 760. The molecule has 1 aliphatic heterocycles. The number of amides is 1. The quantitative estimate of drug-likeness (QED) is 0.916. The Balaban J connectivity index is 1.69. The van der Waals surface area contributed by atoms with E-state index in [-0.39, 0.29) is 11.5 Å². The molecule has 3 rings (SSSR count). The standard InChI is InChI=1S/C21H26N2O2/c1-21(2,3)25-19-9-6-16(7-10-19)20(24)22-18-8-5-15-11-12-23(4)14-17(15)13-18/h5-10,13H,11-12,14H2,1-4H3,(H,22,24). The van der Waals surface area contributed by atoms with Crippen LogP contribution in [-0.2, 0) is 13.0 Å². The van der Waals surface area contributed by atoms with Crippen LogP contribution < -0.4 is 10.1 Å². The lowest BCUT2D eigenvalue weighted by atomic mass is 9.99. The highest BCUT2D eigenvalue weighted by molar-refractivity contribution is 6.04. The van der Waals surface area contributed by atoms with Gasteiger partial charge >= 0.3 is 0 Å². The van der Waals surface area contributed by atoms with Crippen LogP contribution in [0.15, 0.2) is 42.5 Å². The summed E-state index contributed by atoms with van der Waals surface area (Å²) in [5.74, 6) is 0.660. The monoisotopic (exact) mass is 338 g/mol. The topological polar surface area (TPSA) is 41.6 Å². The number of likely N-dealkylation sites (N-methyl/N-ethyl adjacent to an activating group) is 1. The number of carbonyl (C=O) groups excluding carboxylic acids is 1. The molecule has 25 heavy (non-hydrogen) atoms. The van der Waals surface area contributed by atoms with Crippen LogP contribution in [0, 0.1) is 0 Å². The molecule has 0 aromatic heterocycles. The maximum Gasteiger partial charge on any atom is 0.255 e. The summed E-state index contributed by atoms with van der Waals surface area (Å²) in [6, 6.07) is 13.5. The highest BCUT2D eigenvalue weighted by Crippen LogP contribution is 2.23. The molecule has 2 aromatic carbocycles. The van der Waals surface area contributed by atoms with Crippen molar-refractivity contribution in [3.8, 4) is 5.75 Å². The van der Waals surface area contributed by atoms with Gasteiger partial charge in [-0.15, -0.1) is 0 Å². The Morgan fingerprint density at radius 3 is 2.48 bits per heavy atom. The predicted molar refractivity (Wildman–Crippen MR) is 101 cm³/mol. The molecule has 0 spiro atoms. The normalized spacial score (nSPS) is 14.7. The van der Waals surface area contributed by atoms with Gasteiger partial charge in [-0.05, 0) is 81.8 Å². The maximum absolute atomic E-state index is 12.5. The van der Waals surface area contributed by atoms with Crippen molar-refractivity contribution < 1.29 is 9.53 Å². The Hall–Kier alpha value is -2.33. The molecule has 0 saturated heterocycles. The van der Waals surface area contributed by atoms with Crippen LogP contribution >= 0.6 is 0 Å². The fourth-order valence-electron chi connectivity index (χ4n) is 3.01. The second-order valence-electron chi connectivity index (χ2n) is 7.66. The Labute approximate surface area is 149 Å². The molecule has 0 radical (unpaired) electrons. The van der Waals surface area contributed by atoms with E-state index in [1.165, 1.54) is 11.1 Å². The number of nitrogens with one attached hydrogen (secondary N) is 1. The molecule has 132 valence electrons. The third kappa shape index (κ3) is 4.60. The molecule has 2 aromatic rings. The molecule has 1 amide bonds. The van der Waals surface area contributed by atoms with E-state index in [1.807, 2.05) is 39.0 Å². The van der Waals surface area contributed by atoms with Gasteiger partial charge in [0.15, 0.2) is 0 Å². The molecular weight excluding hydrogens is 312 g/mol. The van der Waals surface area contributed by atoms with Gasteiger partial charge in [0.05, 0.1) is 0 Å². The van der Waals surface area contributed by atoms with Crippen molar-refractivity contribution in [1.29, 1.82) is 0 Å². The van der Waals surface area contributed by atoms with Crippen molar-refractivity contribution in [3.05, 3.63) is 59.2 Å². The molecule has 0 saturated carbocycles. The fraction of sp³-hybridized carbons (Fsp3) is 0.381. The molecule has 0 aliphatic carbocycles. The number of ether oxygens (including phenoxy) is 1. The lowest BCUT2D eigenvalue weighted by molar-refractivity contribution is 0.102. The highest BCUT2D eigenvalue weighted by atomic mass is 16.5. The zero-order valence-electron chi connectivity index (χ0n) is 15.4. The first-order valence-electron chi connectivity index (χ1n) is 8.71. The molecule has 4 nitrogen and oxygen atoms in total. The van der Waals surface area contributed by atoms with Crippen LogP contribution in [0.3, 0.4) is 0 Å². The summed E-state index contributed by atoms with van der Waals surface area (Å²) in [5, 5.41) is 2.99. The third-order valence-corrected chi connectivity index (χ3v) is 4.21. The van der Waals surface area contributed by atoms with E-state index >= 15 is 0 Å². The van der Waals surface area contributed by atoms with E-state index < -0.39 is 0 Å². The van der Waals surface area contributed by atoms with E-state index in [0.717, 1.165) is 30.9 Å². The summed E-state index contributed by atoms with van der Waals surface area (Å²) in [6.07, 6.45) is 1.06. The average molecular weight is 338 g/mol. The summed E-state index contributed by atoms with van der Waals surface area (Å²) in [6.45, 7) is 8.02. The molecule has 1 aliphatic rings. The van der Waals surface area contributed by atoms with Crippen LogP contribution in [0.4, 0.5) is 5.69 Å². The Morgan fingerprint density at radius 2 is 1.80 bits per heavy atom. The van der Waals surface area contributed by atoms with Crippen molar-refractivity contribution >= 4 is 11.6 Å². The SMILES string of the molecule is CN1CCc2ccc(NC(=O)c3ccc(OC(C)(C)C)cc3)cc2C1. The first kappa shape index (κ1) is 17.5. The van der Waals surface area contributed by atoms with Crippen LogP contribution in [0.5, 0.6) is 5.75 Å². The molecule has 0 fully saturated rings. The predicted octanol–water partition coefficient (Wildman–Crippen LogP) is 4.10. The van der Waals surface area contributed by atoms with Crippen molar-refractivity contribution in [1.82, 2.24) is 4.90 Å². The molecule has 1 heterocycles. The number of nitrogens with zero attached hydrogens (tertiary/aromatic N) is 1. The molecular formula is C21H26N2O2. The first-order valence-corrected chi connectivity index (χ1v) is 8.71. The fourth-order valence-corrected chi connectivity index (χ4v) is 3.01. The minimum atomic E-state index is -0.250. The van der Waals surface area contributed by atoms with Crippen molar-refractivity contribution in [2.24, 2.45) is 0 Å². The van der Waals surface area contributed by atoms with Gasteiger partial charge in [0.1, 0.15) is 11.4 Å². The maximum atomic E-state index is 12.5. The van der Waals surface area contributed by atoms with Gasteiger partial charge in [-0.25, -0.2) is 0 Å². The zero-order chi connectivity index (χ0) is 18.0. The molecule has 1 N–H and O–H groups in total. The van der Waals surface area contributed by atoms with Crippen LogP contribution in [0.1, 0.15) is 42.3 Å². The summed E-state index contributed by atoms with van der Waals surface area (Å²) in [4.78, 5) is 14.8. The third-order valence-electron chi connectivity index (χ3n) is 4.21. The van der Waals surface area contributed by atoms with Gasteiger partial charge in [-0.1, -0.05) is 6.07 Å². The number of anilines is 1. The van der Waals surface area contributed by atoms with Gasteiger partial charge in [0.25, 0.3) is 5.91 Å². The first-order chi connectivity index (χ1) is 11.8. The number of fused-ring (bicyclic) bond motifs is 1. The lowest BCUT2D eigenvalue weighted by Crippen LogP contribution is -2.26. The van der Waals surface area contributed by atoms with E-state index in [2.05, 4.69) is 29.4 Å². The van der Waals surface area contributed by atoms with E-state index in [9.17, 15) is 4.79 Å². The van der Waals surface area contributed by atoms with E-state index in [1.54, 1.807) is 12.1 Å². The average Bonchev–Trinajstić information content (AvgIpc) is 2.53. The highest BCUT2D eigenvalue weighted by Gasteiger charge is 2.15. The van der Waals surface area contributed by atoms with Gasteiger partial charge in [0, 0.05) is 24.3 Å². The van der Waals surface area contributed by atoms with E-state index in [4.69, 9.17) is 4.74 Å². The summed E-state index contributed by atoms with van der Waals surface area (Å²) < 4.78 is 5.79. The number of rotatable bonds is 3. The number of carbonyl (C=O) groups is 1. The van der Waals surface area contributed by atoms with Gasteiger partial charge in [0.2, 0.25) is 0 Å². The van der Waals surface area contributed by atoms with Gasteiger partial charge in [-0.3, -0.25) is 4.79 Å². The van der Waals surface area contributed by atoms with Gasteiger partial charge < -0.3 is 15.0 Å². The summed E-state index contributed by atoms with van der Waals surface area (Å²) in [5.41, 5.74) is 3.88.